The number of nitrogens with zero attached hydrogens (tertiary/aromatic N) is 2. The minimum atomic E-state index is -0.117. The Hall–Kier alpha value is -1.55. The van der Waals surface area contributed by atoms with Gasteiger partial charge in [-0.3, -0.25) is 4.57 Å². The maximum absolute atomic E-state index is 12.2. The fraction of sp³-hybridized carbons (Fsp3) is 0.333. The van der Waals surface area contributed by atoms with Gasteiger partial charge in [-0.2, -0.15) is 4.98 Å². The summed E-state index contributed by atoms with van der Waals surface area (Å²) >= 11 is 1.58. The highest BCUT2D eigenvalue weighted by atomic mass is 32.2. The predicted octanol–water partition coefficient (Wildman–Crippen LogP) is 2.50. The van der Waals surface area contributed by atoms with Crippen LogP contribution in [-0.4, -0.2) is 15.8 Å². The molecule has 0 saturated carbocycles. The van der Waals surface area contributed by atoms with Crippen LogP contribution in [0.15, 0.2) is 40.2 Å². The van der Waals surface area contributed by atoms with Gasteiger partial charge in [-0.1, -0.05) is 30.3 Å². The molecule has 1 aromatic carbocycles. The summed E-state index contributed by atoms with van der Waals surface area (Å²) in [5.41, 5.74) is 3.50. The Morgan fingerprint density at radius 3 is 2.79 bits per heavy atom. The highest BCUT2D eigenvalue weighted by Crippen LogP contribution is 2.28. The van der Waals surface area contributed by atoms with E-state index in [1.165, 1.54) is 11.3 Å². The lowest BCUT2D eigenvalue weighted by Gasteiger charge is -2.13. The first kappa shape index (κ1) is 12.5. The summed E-state index contributed by atoms with van der Waals surface area (Å²) in [7, 11) is 0. The highest BCUT2D eigenvalue weighted by molar-refractivity contribution is 7.98. The molecule has 1 aliphatic rings. The number of fused-ring (bicyclic) bond motifs is 1. The summed E-state index contributed by atoms with van der Waals surface area (Å²) in [6.45, 7) is 0.629. The first-order valence-corrected chi connectivity index (χ1v) is 7.72. The maximum atomic E-state index is 12.2. The van der Waals surface area contributed by atoms with E-state index in [0.29, 0.717) is 6.54 Å². The predicted molar refractivity (Wildman–Crippen MR) is 77.8 cm³/mol. The zero-order valence-electron chi connectivity index (χ0n) is 10.9. The summed E-state index contributed by atoms with van der Waals surface area (Å²) in [6.07, 6.45) is 5.16. The molecule has 0 atom stereocenters. The van der Waals surface area contributed by atoms with Crippen LogP contribution in [0, 0.1) is 0 Å². The van der Waals surface area contributed by atoms with Crippen LogP contribution in [0.25, 0.3) is 0 Å². The van der Waals surface area contributed by atoms with Crippen LogP contribution in [0.3, 0.4) is 0 Å². The van der Waals surface area contributed by atoms with E-state index in [1.807, 2.05) is 29.0 Å². The SMILES string of the molecule is CSc1nc(=O)n(Cc2ccccc2)c2c1CCC2. The van der Waals surface area contributed by atoms with E-state index >= 15 is 0 Å². The van der Waals surface area contributed by atoms with Gasteiger partial charge in [-0.25, -0.2) is 4.79 Å². The van der Waals surface area contributed by atoms with Crippen LogP contribution in [0.5, 0.6) is 0 Å². The van der Waals surface area contributed by atoms with E-state index in [0.717, 1.165) is 29.9 Å². The summed E-state index contributed by atoms with van der Waals surface area (Å²) < 4.78 is 1.84. The molecule has 3 nitrogen and oxygen atoms in total. The zero-order valence-corrected chi connectivity index (χ0v) is 11.7. The fourth-order valence-electron chi connectivity index (χ4n) is 2.68. The van der Waals surface area contributed by atoms with Gasteiger partial charge in [0, 0.05) is 11.3 Å². The Balaban J connectivity index is 2.07. The summed E-state index contributed by atoms with van der Waals surface area (Å²) in [4.78, 5) is 16.4. The molecule has 0 unspecified atom stereocenters. The van der Waals surface area contributed by atoms with Crippen molar-refractivity contribution in [3.63, 3.8) is 0 Å². The maximum Gasteiger partial charge on any atom is 0.349 e. The molecular formula is C15H16N2OS. The Bertz CT molecular complexity index is 649. The Labute approximate surface area is 116 Å². The minimum Gasteiger partial charge on any atom is -0.292 e. The molecule has 0 radical (unpaired) electrons. The molecule has 0 bridgehead atoms. The van der Waals surface area contributed by atoms with E-state index in [2.05, 4.69) is 17.1 Å². The largest absolute Gasteiger partial charge is 0.349 e. The number of rotatable bonds is 3. The molecule has 0 spiro atoms. The standard InChI is InChI=1S/C15H16N2OS/c1-19-14-12-8-5-9-13(12)17(15(18)16-14)10-11-6-3-2-4-7-11/h2-4,6-7H,5,8-10H2,1H3. The smallest absolute Gasteiger partial charge is 0.292 e. The molecule has 0 aliphatic heterocycles. The summed E-state index contributed by atoms with van der Waals surface area (Å²) in [5.74, 6) is 0. The van der Waals surface area contributed by atoms with Gasteiger partial charge < -0.3 is 0 Å². The Morgan fingerprint density at radius 1 is 1.26 bits per heavy atom. The van der Waals surface area contributed by atoms with Gasteiger partial charge in [0.15, 0.2) is 0 Å². The van der Waals surface area contributed by atoms with E-state index in [4.69, 9.17) is 0 Å². The molecule has 2 aromatic rings. The molecule has 1 aromatic heterocycles. The van der Waals surface area contributed by atoms with Crippen LogP contribution in [0.4, 0.5) is 0 Å². The molecule has 1 aliphatic carbocycles. The third kappa shape index (κ3) is 2.32. The first-order valence-electron chi connectivity index (χ1n) is 6.50. The van der Waals surface area contributed by atoms with Crippen LogP contribution >= 0.6 is 11.8 Å². The summed E-state index contributed by atoms with van der Waals surface area (Å²) in [5, 5.41) is 0.918. The lowest BCUT2D eigenvalue weighted by molar-refractivity contribution is 0.667. The second kappa shape index (κ2) is 5.21. The van der Waals surface area contributed by atoms with E-state index in [9.17, 15) is 4.79 Å². The Kier molecular flexibility index (Phi) is 3.42. The van der Waals surface area contributed by atoms with Crippen molar-refractivity contribution in [2.75, 3.05) is 6.26 Å². The molecule has 0 amide bonds. The number of hydrogen-bond donors (Lipinski definition) is 0. The molecule has 0 N–H and O–H groups in total. The lowest BCUT2D eigenvalue weighted by Crippen LogP contribution is -2.27. The van der Waals surface area contributed by atoms with Crippen molar-refractivity contribution in [1.82, 2.24) is 9.55 Å². The third-order valence-corrected chi connectivity index (χ3v) is 4.30. The van der Waals surface area contributed by atoms with Crippen LogP contribution < -0.4 is 5.69 Å². The molecule has 1 heterocycles. The molecule has 3 rings (SSSR count). The first-order chi connectivity index (χ1) is 9.29. The van der Waals surface area contributed by atoms with E-state index in [1.54, 1.807) is 11.8 Å². The van der Waals surface area contributed by atoms with E-state index < -0.39 is 0 Å². The van der Waals surface area contributed by atoms with Crippen molar-refractivity contribution in [2.45, 2.75) is 30.8 Å². The van der Waals surface area contributed by atoms with Gasteiger partial charge >= 0.3 is 5.69 Å². The average Bonchev–Trinajstić information content (AvgIpc) is 2.92. The normalized spacial score (nSPS) is 13.5. The topological polar surface area (TPSA) is 34.9 Å². The number of thioether (sulfide) groups is 1. The lowest BCUT2D eigenvalue weighted by atomic mass is 10.2. The monoisotopic (exact) mass is 272 g/mol. The minimum absolute atomic E-state index is 0.117. The summed E-state index contributed by atoms with van der Waals surface area (Å²) in [6, 6.07) is 10.1. The van der Waals surface area contributed by atoms with Gasteiger partial charge in [0.05, 0.1) is 6.54 Å². The van der Waals surface area contributed by atoms with Gasteiger partial charge in [0.1, 0.15) is 5.03 Å². The van der Waals surface area contributed by atoms with E-state index in [-0.39, 0.29) is 5.69 Å². The quantitative estimate of drug-likeness (QED) is 0.636. The van der Waals surface area contributed by atoms with Gasteiger partial charge in [0.25, 0.3) is 0 Å². The van der Waals surface area contributed by atoms with Crippen molar-refractivity contribution in [3.05, 3.63) is 57.6 Å². The number of aromatic nitrogens is 2. The Morgan fingerprint density at radius 2 is 2.05 bits per heavy atom. The average molecular weight is 272 g/mol. The molecule has 19 heavy (non-hydrogen) atoms. The number of hydrogen-bond acceptors (Lipinski definition) is 3. The highest BCUT2D eigenvalue weighted by Gasteiger charge is 2.21. The van der Waals surface area contributed by atoms with Crippen molar-refractivity contribution < 1.29 is 0 Å². The molecule has 0 saturated heterocycles. The molecule has 0 fully saturated rings. The van der Waals surface area contributed by atoms with Gasteiger partial charge in [-0.15, -0.1) is 11.8 Å². The molecule has 4 heteroatoms. The van der Waals surface area contributed by atoms with Crippen LogP contribution in [0.1, 0.15) is 23.2 Å². The molecular weight excluding hydrogens is 256 g/mol. The zero-order chi connectivity index (χ0) is 13.2. The molecule has 98 valence electrons. The van der Waals surface area contributed by atoms with Crippen molar-refractivity contribution >= 4 is 11.8 Å². The second-order valence-electron chi connectivity index (χ2n) is 4.75. The van der Waals surface area contributed by atoms with Crippen LogP contribution in [0.2, 0.25) is 0 Å². The van der Waals surface area contributed by atoms with Gasteiger partial charge in [0.2, 0.25) is 0 Å². The fourth-order valence-corrected chi connectivity index (χ4v) is 3.32. The van der Waals surface area contributed by atoms with Crippen molar-refractivity contribution in [1.29, 1.82) is 0 Å². The third-order valence-electron chi connectivity index (χ3n) is 3.58. The second-order valence-corrected chi connectivity index (χ2v) is 5.55. The number of benzene rings is 1. The van der Waals surface area contributed by atoms with Crippen molar-refractivity contribution in [2.24, 2.45) is 0 Å². The van der Waals surface area contributed by atoms with Crippen LogP contribution in [-0.2, 0) is 19.4 Å². The van der Waals surface area contributed by atoms with Crippen molar-refractivity contribution in [3.8, 4) is 0 Å². The van der Waals surface area contributed by atoms with Gasteiger partial charge in [-0.05, 0) is 31.1 Å².